The summed E-state index contributed by atoms with van der Waals surface area (Å²) in [5.74, 6) is 0. The minimum Gasteiger partial charge on any atom is -0.326 e. The SMILES string of the molecule is Cc1ccc2c(c1)Sc1cc(C)ccc1N2CC#N. The van der Waals surface area contributed by atoms with Gasteiger partial charge >= 0.3 is 0 Å². The number of anilines is 2. The molecule has 2 nitrogen and oxygen atoms in total. The van der Waals surface area contributed by atoms with Gasteiger partial charge in [-0.15, -0.1) is 0 Å². The summed E-state index contributed by atoms with van der Waals surface area (Å²) in [5, 5.41) is 9.08. The van der Waals surface area contributed by atoms with Gasteiger partial charge in [0.05, 0.1) is 17.4 Å². The van der Waals surface area contributed by atoms with E-state index in [2.05, 4.69) is 61.2 Å². The molecular weight excluding hydrogens is 252 g/mol. The summed E-state index contributed by atoms with van der Waals surface area (Å²) in [7, 11) is 0. The molecule has 1 aliphatic rings. The molecule has 0 saturated heterocycles. The molecule has 1 heterocycles. The summed E-state index contributed by atoms with van der Waals surface area (Å²) in [6.07, 6.45) is 0. The molecule has 0 radical (unpaired) electrons. The molecule has 0 bridgehead atoms. The van der Waals surface area contributed by atoms with Crippen LogP contribution in [-0.2, 0) is 0 Å². The van der Waals surface area contributed by atoms with E-state index in [9.17, 15) is 0 Å². The van der Waals surface area contributed by atoms with Crippen molar-refractivity contribution in [1.29, 1.82) is 5.26 Å². The van der Waals surface area contributed by atoms with Crippen molar-refractivity contribution >= 4 is 23.1 Å². The molecule has 0 amide bonds. The zero-order valence-corrected chi connectivity index (χ0v) is 11.8. The van der Waals surface area contributed by atoms with Crippen LogP contribution >= 0.6 is 11.8 Å². The first-order chi connectivity index (χ1) is 9.19. The number of fused-ring (bicyclic) bond motifs is 2. The quantitative estimate of drug-likeness (QED) is 0.714. The van der Waals surface area contributed by atoms with Crippen LogP contribution in [0.4, 0.5) is 11.4 Å². The van der Waals surface area contributed by atoms with Crippen LogP contribution < -0.4 is 4.90 Å². The smallest absolute Gasteiger partial charge is 0.110 e. The third-order valence-electron chi connectivity index (χ3n) is 3.26. The normalized spacial score (nSPS) is 12.6. The molecule has 0 spiro atoms. The minimum atomic E-state index is 0.382. The number of hydrogen-bond acceptors (Lipinski definition) is 3. The van der Waals surface area contributed by atoms with E-state index in [1.54, 1.807) is 11.8 Å². The van der Waals surface area contributed by atoms with Crippen LogP contribution in [0.5, 0.6) is 0 Å². The Hall–Kier alpha value is -1.92. The molecule has 3 rings (SSSR count). The second kappa shape index (κ2) is 4.64. The second-order valence-electron chi connectivity index (χ2n) is 4.79. The van der Waals surface area contributed by atoms with E-state index in [0.717, 1.165) is 11.4 Å². The lowest BCUT2D eigenvalue weighted by Gasteiger charge is -2.31. The molecule has 2 aromatic rings. The highest BCUT2D eigenvalue weighted by molar-refractivity contribution is 7.99. The van der Waals surface area contributed by atoms with Crippen molar-refractivity contribution in [2.45, 2.75) is 23.6 Å². The lowest BCUT2D eigenvalue weighted by Crippen LogP contribution is -2.20. The average Bonchev–Trinajstić information content (AvgIpc) is 2.37. The van der Waals surface area contributed by atoms with Gasteiger partial charge in [0.15, 0.2) is 0 Å². The standard InChI is InChI=1S/C16H14N2S/c1-11-3-5-13-15(9-11)19-16-10-12(2)4-6-14(16)18(13)8-7-17/h3-6,9-10H,8H2,1-2H3. The van der Waals surface area contributed by atoms with Crippen LogP contribution in [0.15, 0.2) is 46.2 Å². The Morgan fingerprint density at radius 1 is 1.00 bits per heavy atom. The first kappa shape index (κ1) is 12.1. The molecule has 0 unspecified atom stereocenters. The molecular formula is C16H14N2S. The molecule has 0 fully saturated rings. The number of nitriles is 1. The van der Waals surface area contributed by atoms with Crippen LogP contribution in [0.2, 0.25) is 0 Å². The van der Waals surface area contributed by atoms with E-state index in [1.165, 1.54) is 20.9 Å². The number of aryl methyl sites for hydroxylation is 2. The molecule has 0 aromatic heterocycles. The van der Waals surface area contributed by atoms with E-state index in [-0.39, 0.29) is 0 Å². The average molecular weight is 266 g/mol. The van der Waals surface area contributed by atoms with Gasteiger partial charge in [-0.1, -0.05) is 23.9 Å². The predicted molar refractivity (Wildman–Crippen MR) is 79.1 cm³/mol. The molecule has 3 heteroatoms. The molecule has 1 aliphatic heterocycles. The largest absolute Gasteiger partial charge is 0.326 e. The van der Waals surface area contributed by atoms with Crippen LogP contribution in [0.3, 0.4) is 0 Å². The maximum Gasteiger partial charge on any atom is 0.110 e. The third kappa shape index (κ3) is 2.09. The van der Waals surface area contributed by atoms with Gasteiger partial charge in [0.25, 0.3) is 0 Å². The third-order valence-corrected chi connectivity index (χ3v) is 4.35. The van der Waals surface area contributed by atoms with Gasteiger partial charge in [0.2, 0.25) is 0 Å². The van der Waals surface area contributed by atoms with Crippen molar-refractivity contribution in [2.24, 2.45) is 0 Å². The van der Waals surface area contributed by atoms with E-state index >= 15 is 0 Å². The number of rotatable bonds is 1. The van der Waals surface area contributed by atoms with Crippen molar-refractivity contribution < 1.29 is 0 Å². The number of nitrogens with zero attached hydrogens (tertiary/aromatic N) is 2. The first-order valence-electron chi connectivity index (χ1n) is 6.22. The Labute approximate surface area is 117 Å². The summed E-state index contributed by atoms with van der Waals surface area (Å²) >= 11 is 1.79. The highest BCUT2D eigenvalue weighted by Gasteiger charge is 2.23. The van der Waals surface area contributed by atoms with Crippen LogP contribution in [-0.4, -0.2) is 6.54 Å². The molecule has 0 saturated carbocycles. The van der Waals surface area contributed by atoms with Crippen molar-refractivity contribution in [2.75, 3.05) is 11.4 Å². The van der Waals surface area contributed by atoms with E-state index in [1.807, 2.05) is 0 Å². The van der Waals surface area contributed by atoms with E-state index in [0.29, 0.717) is 6.54 Å². The van der Waals surface area contributed by atoms with Gasteiger partial charge in [0, 0.05) is 9.79 Å². The number of benzene rings is 2. The fraction of sp³-hybridized carbons (Fsp3) is 0.188. The topological polar surface area (TPSA) is 27.0 Å². The van der Waals surface area contributed by atoms with Crippen molar-refractivity contribution in [3.05, 3.63) is 47.5 Å². The number of hydrogen-bond donors (Lipinski definition) is 0. The summed E-state index contributed by atoms with van der Waals surface area (Å²) in [6, 6.07) is 15.1. The van der Waals surface area contributed by atoms with Gasteiger partial charge < -0.3 is 4.90 Å². The Bertz CT molecular complexity index is 634. The van der Waals surface area contributed by atoms with Gasteiger partial charge in [-0.25, -0.2) is 0 Å². The van der Waals surface area contributed by atoms with Crippen LogP contribution in [0.25, 0.3) is 0 Å². The molecule has 0 aliphatic carbocycles. The Kier molecular flexibility index (Phi) is 2.96. The van der Waals surface area contributed by atoms with E-state index in [4.69, 9.17) is 5.26 Å². The molecule has 19 heavy (non-hydrogen) atoms. The van der Waals surface area contributed by atoms with Crippen molar-refractivity contribution in [3.63, 3.8) is 0 Å². The molecule has 2 aromatic carbocycles. The van der Waals surface area contributed by atoms with Gasteiger partial charge in [-0.2, -0.15) is 5.26 Å². The van der Waals surface area contributed by atoms with Gasteiger partial charge in [-0.3, -0.25) is 0 Å². The molecule has 94 valence electrons. The monoisotopic (exact) mass is 266 g/mol. The summed E-state index contributed by atoms with van der Waals surface area (Å²) < 4.78 is 0. The highest BCUT2D eigenvalue weighted by atomic mass is 32.2. The van der Waals surface area contributed by atoms with Gasteiger partial charge in [0.1, 0.15) is 6.54 Å². The second-order valence-corrected chi connectivity index (χ2v) is 5.87. The van der Waals surface area contributed by atoms with E-state index < -0.39 is 0 Å². The summed E-state index contributed by atoms with van der Waals surface area (Å²) in [6.45, 7) is 4.58. The molecule has 0 atom stereocenters. The highest BCUT2D eigenvalue weighted by Crippen LogP contribution is 2.48. The van der Waals surface area contributed by atoms with Crippen molar-refractivity contribution in [3.8, 4) is 6.07 Å². The summed E-state index contributed by atoms with van der Waals surface area (Å²) in [4.78, 5) is 4.56. The fourth-order valence-corrected chi connectivity index (χ4v) is 3.63. The predicted octanol–water partition coefficient (Wildman–Crippen LogP) is 4.43. The Morgan fingerprint density at radius 3 is 2.00 bits per heavy atom. The minimum absolute atomic E-state index is 0.382. The maximum atomic E-state index is 9.08. The zero-order valence-electron chi connectivity index (χ0n) is 11.0. The fourth-order valence-electron chi connectivity index (χ4n) is 2.34. The zero-order chi connectivity index (χ0) is 13.4. The van der Waals surface area contributed by atoms with Crippen LogP contribution in [0, 0.1) is 25.2 Å². The van der Waals surface area contributed by atoms with Gasteiger partial charge in [-0.05, 0) is 49.2 Å². The maximum absolute atomic E-state index is 9.08. The Morgan fingerprint density at radius 2 is 1.53 bits per heavy atom. The first-order valence-corrected chi connectivity index (χ1v) is 7.04. The summed E-state index contributed by atoms with van der Waals surface area (Å²) in [5.41, 5.74) is 4.76. The lowest BCUT2D eigenvalue weighted by molar-refractivity contribution is 1.03. The Balaban J connectivity index is 2.18. The molecule has 0 N–H and O–H groups in total. The lowest BCUT2D eigenvalue weighted by atomic mass is 10.1. The van der Waals surface area contributed by atoms with Crippen LogP contribution in [0.1, 0.15) is 11.1 Å². The van der Waals surface area contributed by atoms with Crippen molar-refractivity contribution in [1.82, 2.24) is 0 Å².